The van der Waals surface area contributed by atoms with Crippen molar-refractivity contribution in [2.45, 2.75) is 43.5 Å². The van der Waals surface area contributed by atoms with Crippen molar-refractivity contribution in [3.63, 3.8) is 0 Å². The van der Waals surface area contributed by atoms with Gasteiger partial charge in [-0.3, -0.25) is 4.79 Å². The first kappa shape index (κ1) is 15.1. The third-order valence-corrected chi connectivity index (χ3v) is 5.48. The molecule has 1 aromatic carbocycles. The summed E-state index contributed by atoms with van der Waals surface area (Å²) >= 11 is 0. The molecular weight excluding hydrogens is 281 g/mol. The van der Waals surface area contributed by atoms with Gasteiger partial charge in [0, 0.05) is 13.0 Å². The average molecular weight is 299 g/mol. The van der Waals surface area contributed by atoms with Crippen molar-refractivity contribution in [2.75, 3.05) is 6.54 Å². The minimum Gasteiger partial charge on any atom is -0.298 e. The molecular formula is C14H18FNO3S. The standard InChI is InChI=1S/C14H18FNO3S/c1-2-14(17)13-8-3-4-9-16(13)20(18,19)12-7-5-6-11(15)10-12/h5-7,10,13H,2-4,8-9H2,1H3/t13-/m0/s1. The summed E-state index contributed by atoms with van der Waals surface area (Å²) < 4.78 is 39.6. The van der Waals surface area contributed by atoms with E-state index in [4.69, 9.17) is 0 Å². The Balaban J connectivity index is 2.38. The van der Waals surface area contributed by atoms with Gasteiger partial charge >= 0.3 is 0 Å². The molecule has 0 saturated carbocycles. The number of hydrogen-bond donors (Lipinski definition) is 0. The Labute approximate surface area is 118 Å². The second kappa shape index (κ2) is 6.01. The van der Waals surface area contributed by atoms with E-state index in [1.807, 2.05) is 0 Å². The number of piperidine rings is 1. The van der Waals surface area contributed by atoms with Crippen LogP contribution in [-0.2, 0) is 14.8 Å². The number of nitrogens with zero attached hydrogens (tertiary/aromatic N) is 1. The summed E-state index contributed by atoms with van der Waals surface area (Å²) in [6.07, 6.45) is 2.41. The smallest absolute Gasteiger partial charge is 0.243 e. The highest BCUT2D eigenvalue weighted by Crippen LogP contribution is 2.26. The van der Waals surface area contributed by atoms with E-state index in [1.165, 1.54) is 22.5 Å². The van der Waals surface area contributed by atoms with E-state index in [2.05, 4.69) is 0 Å². The largest absolute Gasteiger partial charge is 0.298 e. The van der Waals surface area contributed by atoms with E-state index in [1.54, 1.807) is 6.92 Å². The van der Waals surface area contributed by atoms with Gasteiger partial charge in [0.05, 0.1) is 10.9 Å². The molecule has 0 spiro atoms. The van der Waals surface area contributed by atoms with E-state index < -0.39 is 21.9 Å². The number of carbonyl (C=O) groups is 1. The lowest BCUT2D eigenvalue weighted by Crippen LogP contribution is -2.47. The number of hydrogen-bond acceptors (Lipinski definition) is 3. The van der Waals surface area contributed by atoms with Crippen LogP contribution < -0.4 is 0 Å². The third-order valence-electron chi connectivity index (χ3n) is 3.58. The summed E-state index contributed by atoms with van der Waals surface area (Å²) in [6.45, 7) is 2.04. The molecule has 0 N–H and O–H groups in total. The molecule has 1 atom stereocenters. The minimum atomic E-state index is -3.82. The van der Waals surface area contributed by atoms with Crippen molar-refractivity contribution in [3.05, 3.63) is 30.1 Å². The monoisotopic (exact) mass is 299 g/mol. The molecule has 4 nitrogen and oxygen atoms in total. The first-order valence-electron chi connectivity index (χ1n) is 6.77. The summed E-state index contributed by atoms with van der Waals surface area (Å²) in [5.41, 5.74) is 0. The molecule has 0 aliphatic carbocycles. The zero-order valence-corrected chi connectivity index (χ0v) is 12.2. The Kier molecular flexibility index (Phi) is 4.55. The highest BCUT2D eigenvalue weighted by atomic mass is 32.2. The van der Waals surface area contributed by atoms with Crippen LogP contribution in [0.3, 0.4) is 0 Å². The minimum absolute atomic E-state index is 0.0790. The zero-order chi connectivity index (χ0) is 14.8. The van der Waals surface area contributed by atoms with Crippen molar-refractivity contribution in [2.24, 2.45) is 0 Å². The van der Waals surface area contributed by atoms with Gasteiger partial charge in [0.25, 0.3) is 0 Å². The summed E-state index contributed by atoms with van der Waals surface area (Å²) in [7, 11) is -3.82. The second-order valence-corrected chi connectivity index (χ2v) is 6.80. The molecule has 6 heteroatoms. The van der Waals surface area contributed by atoms with Crippen molar-refractivity contribution in [1.29, 1.82) is 0 Å². The Hall–Kier alpha value is -1.27. The lowest BCUT2D eigenvalue weighted by Gasteiger charge is -2.33. The maximum atomic E-state index is 13.2. The molecule has 0 radical (unpaired) electrons. The SMILES string of the molecule is CCC(=O)[C@@H]1CCCCN1S(=O)(=O)c1cccc(F)c1. The molecule has 110 valence electrons. The lowest BCUT2D eigenvalue weighted by atomic mass is 10.00. The van der Waals surface area contributed by atoms with Crippen LogP contribution in [0.25, 0.3) is 0 Å². The molecule has 0 unspecified atom stereocenters. The zero-order valence-electron chi connectivity index (χ0n) is 11.4. The Morgan fingerprint density at radius 3 is 2.80 bits per heavy atom. The van der Waals surface area contributed by atoms with E-state index >= 15 is 0 Å². The van der Waals surface area contributed by atoms with Crippen molar-refractivity contribution in [3.8, 4) is 0 Å². The molecule has 1 aliphatic rings. The number of ketones is 1. The predicted molar refractivity (Wildman–Crippen MR) is 73.2 cm³/mol. The fourth-order valence-corrected chi connectivity index (χ4v) is 4.22. The van der Waals surface area contributed by atoms with E-state index in [0.29, 0.717) is 19.4 Å². The Morgan fingerprint density at radius 2 is 2.15 bits per heavy atom. The molecule has 20 heavy (non-hydrogen) atoms. The van der Waals surface area contributed by atoms with Crippen LogP contribution in [-0.4, -0.2) is 31.1 Å². The maximum Gasteiger partial charge on any atom is 0.243 e. The maximum absolute atomic E-state index is 13.2. The number of benzene rings is 1. The highest BCUT2D eigenvalue weighted by molar-refractivity contribution is 7.89. The summed E-state index contributed by atoms with van der Waals surface area (Å²) in [5.74, 6) is -0.675. The molecule has 1 aliphatic heterocycles. The molecule has 1 fully saturated rings. The summed E-state index contributed by atoms with van der Waals surface area (Å²) in [5, 5.41) is 0. The fraction of sp³-hybridized carbons (Fsp3) is 0.500. The lowest BCUT2D eigenvalue weighted by molar-refractivity contribution is -0.123. The van der Waals surface area contributed by atoms with Gasteiger partial charge in [-0.1, -0.05) is 19.4 Å². The molecule has 1 saturated heterocycles. The molecule has 1 aromatic rings. The van der Waals surface area contributed by atoms with E-state index in [9.17, 15) is 17.6 Å². The van der Waals surface area contributed by atoms with Crippen molar-refractivity contribution in [1.82, 2.24) is 4.31 Å². The number of rotatable bonds is 4. The second-order valence-electron chi connectivity index (χ2n) is 4.90. The number of Topliss-reactive ketones (excluding diaryl/α,β-unsaturated/α-hetero) is 1. The van der Waals surface area contributed by atoms with Gasteiger partial charge in [0.2, 0.25) is 10.0 Å². The van der Waals surface area contributed by atoms with Crippen molar-refractivity contribution >= 4 is 15.8 Å². The quantitative estimate of drug-likeness (QED) is 0.857. The van der Waals surface area contributed by atoms with Gasteiger partial charge in [-0.15, -0.1) is 0 Å². The Morgan fingerprint density at radius 1 is 1.40 bits per heavy atom. The molecule has 0 bridgehead atoms. The normalized spacial score (nSPS) is 20.8. The third kappa shape index (κ3) is 2.91. The molecule has 0 aromatic heterocycles. The van der Waals surface area contributed by atoms with Crippen LogP contribution in [0.15, 0.2) is 29.2 Å². The molecule has 1 heterocycles. The number of halogens is 1. The van der Waals surface area contributed by atoms with Gasteiger partial charge < -0.3 is 0 Å². The van der Waals surface area contributed by atoms with Crippen LogP contribution in [0, 0.1) is 5.82 Å². The van der Waals surface area contributed by atoms with Gasteiger partial charge in [-0.25, -0.2) is 12.8 Å². The first-order chi connectivity index (χ1) is 9.46. The van der Waals surface area contributed by atoms with Crippen LogP contribution in [0.4, 0.5) is 4.39 Å². The average Bonchev–Trinajstić information content (AvgIpc) is 2.46. The van der Waals surface area contributed by atoms with Gasteiger partial charge in [0.1, 0.15) is 5.82 Å². The van der Waals surface area contributed by atoms with Crippen molar-refractivity contribution < 1.29 is 17.6 Å². The van der Waals surface area contributed by atoms with Crippen LogP contribution in [0.1, 0.15) is 32.6 Å². The van der Waals surface area contributed by atoms with Crippen LogP contribution in [0.2, 0.25) is 0 Å². The van der Waals surface area contributed by atoms with Gasteiger partial charge in [-0.2, -0.15) is 4.31 Å². The summed E-state index contributed by atoms with van der Waals surface area (Å²) in [4.78, 5) is 11.9. The Bertz CT molecular complexity index is 600. The van der Waals surface area contributed by atoms with E-state index in [-0.39, 0.29) is 10.7 Å². The summed E-state index contributed by atoms with van der Waals surface area (Å²) in [6, 6.07) is 4.31. The van der Waals surface area contributed by atoms with Gasteiger partial charge in [0.15, 0.2) is 5.78 Å². The predicted octanol–water partition coefficient (Wildman–Crippen LogP) is 2.35. The number of carbonyl (C=O) groups excluding carboxylic acids is 1. The van der Waals surface area contributed by atoms with Crippen LogP contribution >= 0.6 is 0 Å². The highest BCUT2D eigenvalue weighted by Gasteiger charge is 2.36. The van der Waals surface area contributed by atoms with E-state index in [0.717, 1.165) is 18.9 Å². The van der Waals surface area contributed by atoms with Crippen LogP contribution in [0.5, 0.6) is 0 Å². The van der Waals surface area contributed by atoms with Gasteiger partial charge in [-0.05, 0) is 31.0 Å². The molecule has 0 amide bonds. The fourth-order valence-electron chi connectivity index (χ4n) is 2.51. The first-order valence-corrected chi connectivity index (χ1v) is 8.21. The topological polar surface area (TPSA) is 54.5 Å². The number of sulfonamides is 1. The molecule has 2 rings (SSSR count).